The Kier molecular flexibility index (Phi) is 6.31. The van der Waals surface area contributed by atoms with Crippen LogP contribution >= 0.6 is 22.7 Å². The van der Waals surface area contributed by atoms with Crippen molar-refractivity contribution in [2.75, 3.05) is 10.0 Å². The molecule has 0 saturated heterocycles. The summed E-state index contributed by atoms with van der Waals surface area (Å²) in [5, 5.41) is 5.07. The second-order valence-electron chi connectivity index (χ2n) is 7.71. The molecule has 2 amide bonds. The highest BCUT2D eigenvalue weighted by Gasteiger charge is 2.27. The van der Waals surface area contributed by atoms with Gasteiger partial charge in [0.25, 0.3) is 15.9 Å². The number of thiophene rings is 1. The summed E-state index contributed by atoms with van der Waals surface area (Å²) in [6, 6.07) is 7.97. The molecule has 0 saturated carbocycles. The van der Waals surface area contributed by atoms with Gasteiger partial charge in [-0.05, 0) is 42.9 Å². The smallest absolute Gasteiger partial charge is 0.263 e. The van der Waals surface area contributed by atoms with Crippen LogP contribution in [0.15, 0.2) is 40.6 Å². The van der Waals surface area contributed by atoms with Crippen LogP contribution in [0.2, 0.25) is 0 Å². The molecule has 0 spiro atoms. The second kappa shape index (κ2) is 9.00. The number of fused-ring (bicyclic) bond motifs is 1. The normalized spacial score (nSPS) is 15.7. The fourth-order valence-corrected chi connectivity index (χ4v) is 7.06. The molecule has 168 valence electrons. The van der Waals surface area contributed by atoms with Crippen molar-refractivity contribution in [2.24, 2.45) is 11.7 Å². The number of nitrogens with zero attached hydrogens (tertiary/aromatic N) is 1. The van der Waals surface area contributed by atoms with Crippen LogP contribution in [0.5, 0.6) is 0 Å². The van der Waals surface area contributed by atoms with E-state index in [1.54, 1.807) is 23.6 Å². The minimum Gasteiger partial charge on any atom is -0.365 e. The number of anilines is 2. The van der Waals surface area contributed by atoms with E-state index in [2.05, 4.69) is 21.9 Å². The Hall–Kier alpha value is -2.76. The molecule has 1 aromatic carbocycles. The lowest BCUT2D eigenvalue weighted by Crippen LogP contribution is -2.20. The highest BCUT2D eigenvalue weighted by Crippen LogP contribution is 2.39. The number of carbonyl (C=O) groups excluding carboxylic acids is 2. The van der Waals surface area contributed by atoms with Gasteiger partial charge in [0.1, 0.15) is 5.00 Å². The zero-order valence-electron chi connectivity index (χ0n) is 17.3. The van der Waals surface area contributed by atoms with Gasteiger partial charge >= 0.3 is 0 Å². The number of nitrogens with two attached hydrogens (primary N) is 1. The maximum atomic E-state index is 12.6. The number of hydrogen-bond donors (Lipinski definition) is 3. The molecular formula is C21H22N4O4S3. The zero-order chi connectivity index (χ0) is 22.9. The van der Waals surface area contributed by atoms with Crippen LogP contribution in [0.25, 0.3) is 0 Å². The molecule has 1 atom stereocenters. The standard InChI is InChI=1S/C21H22N4O4S3/c1-12-7-8-15-16(9-12)31-20(18(15)19(22)27)24-17(26)10-13-11-30-21(23-13)25-32(28,29)14-5-3-2-4-6-14/h2-6,11-12H,7-10H2,1H3,(H2,22,27)(H,23,25)(H,24,26). The van der Waals surface area contributed by atoms with Crippen LogP contribution in [0, 0.1) is 5.92 Å². The molecule has 1 unspecified atom stereocenters. The van der Waals surface area contributed by atoms with Gasteiger partial charge in [0, 0.05) is 10.3 Å². The SMILES string of the molecule is CC1CCc2c(sc(NC(=O)Cc3csc(NS(=O)(=O)c4ccccc4)n3)c2C(N)=O)C1. The highest BCUT2D eigenvalue weighted by atomic mass is 32.2. The molecule has 4 N–H and O–H groups in total. The third-order valence-corrected chi connectivity index (χ3v) is 8.64. The van der Waals surface area contributed by atoms with Crippen LogP contribution in [0.3, 0.4) is 0 Å². The monoisotopic (exact) mass is 490 g/mol. The molecule has 1 aliphatic rings. The van der Waals surface area contributed by atoms with Crippen molar-refractivity contribution in [1.29, 1.82) is 0 Å². The first-order chi connectivity index (χ1) is 15.2. The molecule has 0 fully saturated rings. The average Bonchev–Trinajstić information content (AvgIpc) is 3.31. The van der Waals surface area contributed by atoms with E-state index in [1.165, 1.54) is 23.5 Å². The molecule has 11 heteroatoms. The first-order valence-electron chi connectivity index (χ1n) is 9.99. The van der Waals surface area contributed by atoms with Crippen LogP contribution in [-0.4, -0.2) is 25.2 Å². The van der Waals surface area contributed by atoms with Crippen LogP contribution in [0.4, 0.5) is 10.1 Å². The number of rotatable bonds is 7. The number of sulfonamides is 1. The summed E-state index contributed by atoms with van der Waals surface area (Å²) in [5.74, 6) is -0.362. The van der Waals surface area contributed by atoms with Crippen molar-refractivity contribution in [3.63, 3.8) is 0 Å². The van der Waals surface area contributed by atoms with Crippen LogP contribution in [-0.2, 0) is 34.1 Å². The van der Waals surface area contributed by atoms with Gasteiger partial charge in [0.05, 0.1) is 22.6 Å². The van der Waals surface area contributed by atoms with Gasteiger partial charge in [-0.25, -0.2) is 13.4 Å². The first kappa shape index (κ1) is 22.4. The Labute approximate surface area is 193 Å². The van der Waals surface area contributed by atoms with Crippen molar-refractivity contribution < 1.29 is 18.0 Å². The maximum absolute atomic E-state index is 12.6. The van der Waals surface area contributed by atoms with E-state index in [1.807, 2.05) is 0 Å². The lowest BCUT2D eigenvalue weighted by molar-refractivity contribution is -0.115. The summed E-state index contributed by atoms with van der Waals surface area (Å²) in [5.41, 5.74) is 7.37. The van der Waals surface area contributed by atoms with Gasteiger partial charge in [0.15, 0.2) is 5.13 Å². The molecular weight excluding hydrogens is 468 g/mol. The summed E-state index contributed by atoms with van der Waals surface area (Å²) < 4.78 is 27.3. The zero-order valence-corrected chi connectivity index (χ0v) is 19.7. The molecule has 3 aromatic rings. The minimum absolute atomic E-state index is 0.0548. The second-order valence-corrected chi connectivity index (χ2v) is 11.4. The summed E-state index contributed by atoms with van der Waals surface area (Å²) in [7, 11) is -3.75. The Morgan fingerprint density at radius 3 is 2.72 bits per heavy atom. The molecule has 8 nitrogen and oxygen atoms in total. The van der Waals surface area contributed by atoms with Gasteiger partial charge < -0.3 is 11.1 Å². The molecule has 4 rings (SSSR count). The van der Waals surface area contributed by atoms with Gasteiger partial charge in [-0.1, -0.05) is 25.1 Å². The quantitative estimate of drug-likeness (QED) is 0.467. The van der Waals surface area contributed by atoms with Gasteiger partial charge in [0.2, 0.25) is 5.91 Å². The van der Waals surface area contributed by atoms with Crippen molar-refractivity contribution in [3.8, 4) is 0 Å². The highest BCUT2D eigenvalue weighted by molar-refractivity contribution is 7.93. The Balaban J connectivity index is 1.45. The summed E-state index contributed by atoms with van der Waals surface area (Å²) in [6.45, 7) is 2.16. The molecule has 0 radical (unpaired) electrons. The number of amides is 2. The van der Waals surface area contributed by atoms with Gasteiger partial charge in [-0.15, -0.1) is 22.7 Å². The molecule has 32 heavy (non-hydrogen) atoms. The number of hydrogen-bond acceptors (Lipinski definition) is 7. The van der Waals surface area contributed by atoms with Gasteiger partial charge in [-0.3, -0.25) is 14.3 Å². The summed E-state index contributed by atoms with van der Waals surface area (Å²) >= 11 is 2.50. The molecule has 0 aliphatic heterocycles. The fraction of sp³-hybridized carbons (Fsp3) is 0.286. The maximum Gasteiger partial charge on any atom is 0.263 e. The van der Waals surface area contributed by atoms with E-state index >= 15 is 0 Å². The van der Waals surface area contributed by atoms with Gasteiger partial charge in [-0.2, -0.15) is 0 Å². The van der Waals surface area contributed by atoms with E-state index in [4.69, 9.17) is 5.73 Å². The average molecular weight is 491 g/mol. The Bertz CT molecular complexity index is 1270. The Morgan fingerprint density at radius 2 is 2.00 bits per heavy atom. The van der Waals surface area contributed by atoms with E-state index in [0.717, 1.165) is 41.0 Å². The van der Waals surface area contributed by atoms with Crippen molar-refractivity contribution in [2.45, 2.75) is 37.5 Å². The third kappa shape index (κ3) is 4.84. The third-order valence-electron chi connectivity index (χ3n) is 5.18. The van der Waals surface area contributed by atoms with Crippen molar-refractivity contribution in [3.05, 3.63) is 57.4 Å². The number of aromatic nitrogens is 1. The molecule has 0 bridgehead atoms. The number of nitrogens with one attached hydrogen (secondary N) is 2. The van der Waals surface area contributed by atoms with E-state index in [9.17, 15) is 18.0 Å². The lowest BCUT2D eigenvalue weighted by atomic mass is 9.88. The van der Waals surface area contributed by atoms with Crippen molar-refractivity contribution >= 4 is 54.6 Å². The Morgan fingerprint density at radius 1 is 1.25 bits per heavy atom. The summed E-state index contributed by atoms with van der Waals surface area (Å²) in [6.07, 6.45) is 2.57. The van der Waals surface area contributed by atoms with Crippen LogP contribution in [0.1, 0.15) is 39.8 Å². The topological polar surface area (TPSA) is 131 Å². The predicted molar refractivity (Wildman–Crippen MR) is 126 cm³/mol. The minimum atomic E-state index is -3.75. The van der Waals surface area contributed by atoms with Crippen LogP contribution < -0.4 is 15.8 Å². The van der Waals surface area contributed by atoms with E-state index in [-0.39, 0.29) is 22.4 Å². The molecule has 2 aromatic heterocycles. The number of carbonyl (C=O) groups is 2. The summed E-state index contributed by atoms with van der Waals surface area (Å²) in [4.78, 5) is 30.1. The predicted octanol–water partition coefficient (Wildman–Crippen LogP) is 3.41. The van der Waals surface area contributed by atoms with Crippen molar-refractivity contribution in [1.82, 2.24) is 4.98 Å². The molecule has 2 heterocycles. The van der Waals surface area contributed by atoms with E-state index in [0.29, 0.717) is 22.2 Å². The fourth-order valence-electron chi connectivity index (χ4n) is 3.64. The molecule has 1 aliphatic carbocycles. The first-order valence-corrected chi connectivity index (χ1v) is 13.2. The lowest BCUT2D eigenvalue weighted by Gasteiger charge is -2.18. The van der Waals surface area contributed by atoms with E-state index < -0.39 is 15.9 Å². The number of thiazole rings is 1. The number of primary amides is 1. The largest absolute Gasteiger partial charge is 0.365 e. The number of benzene rings is 1.